The molecule has 0 bridgehead atoms. The molecule has 1 aromatic carbocycles. The molecular weight excluding hydrogens is 294 g/mol. The fourth-order valence-electron chi connectivity index (χ4n) is 1.61. The standard InChI is InChI=1S/C11H13BrClNS/c1-11(2)6-15-10(14-11)8-4-3-7(13)5-9(8)12/h3-5,10,14H,6H2,1-2H3. The molecule has 0 aromatic heterocycles. The van der Waals surface area contributed by atoms with Crippen molar-refractivity contribution in [3.63, 3.8) is 0 Å². The Morgan fingerprint density at radius 1 is 1.53 bits per heavy atom. The average Bonchev–Trinajstić information content (AvgIpc) is 2.46. The summed E-state index contributed by atoms with van der Waals surface area (Å²) < 4.78 is 1.08. The van der Waals surface area contributed by atoms with Crippen LogP contribution in [0.25, 0.3) is 0 Å². The van der Waals surface area contributed by atoms with Crippen LogP contribution in [-0.2, 0) is 0 Å². The van der Waals surface area contributed by atoms with E-state index >= 15 is 0 Å². The molecule has 0 aliphatic carbocycles. The van der Waals surface area contributed by atoms with Crippen LogP contribution in [0.1, 0.15) is 24.8 Å². The molecule has 1 nitrogen and oxygen atoms in total. The maximum absolute atomic E-state index is 5.92. The van der Waals surface area contributed by atoms with Gasteiger partial charge in [-0.1, -0.05) is 33.6 Å². The predicted molar refractivity (Wildman–Crippen MR) is 71.6 cm³/mol. The molecule has 1 atom stereocenters. The van der Waals surface area contributed by atoms with E-state index in [-0.39, 0.29) is 5.54 Å². The van der Waals surface area contributed by atoms with Gasteiger partial charge in [0.05, 0.1) is 5.37 Å². The van der Waals surface area contributed by atoms with E-state index in [2.05, 4.69) is 41.2 Å². The number of hydrogen-bond acceptors (Lipinski definition) is 2. The second kappa shape index (κ2) is 4.28. The summed E-state index contributed by atoms with van der Waals surface area (Å²) in [6.07, 6.45) is 0. The molecule has 1 heterocycles. The molecule has 1 aliphatic rings. The topological polar surface area (TPSA) is 12.0 Å². The quantitative estimate of drug-likeness (QED) is 0.834. The number of nitrogens with one attached hydrogen (secondary N) is 1. The lowest BCUT2D eigenvalue weighted by Crippen LogP contribution is -2.35. The van der Waals surface area contributed by atoms with Gasteiger partial charge in [0, 0.05) is 20.8 Å². The van der Waals surface area contributed by atoms with Crippen molar-refractivity contribution in [3.05, 3.63) is 33.3 Å². The molecule has 1 N–H and O–H groups in total. The molecule has 82 valence electrons. The third-order valence-corrected chi connectivity index (χ3v) is 4.89. The predicted octanol–water partition coefficient (Wildman–Crippen LogP) is 4.22. The minimum Gasteiger partial charge on any atom is -0.296 e. The Morgan fingerprint density at radius 3 is 2.80 bits per heavy atom. The van der Waals surface area contributed by atoms with Crippen LogP contribution in [0.3, 0.4) is 0 Å². The number of halogens is 2. The number of benzene rings is 1. The average molecular weight is 307 g/mol. The Labute approximate surface area is 108 Å². The Hall–Kier alpha value is 0.300. The Morgan fingerprint density at radius 2 is 2.27 bits per heavy atom. The second-order valence-corrected chi connectivity index (χ2v) is 6.77. The van der Waals surface area contributed by atoms with E-state index in [9.17, 15) is 0 Å². The molecule has 4 heteroatoms. The molecule has 1 aliphatic heterocycles. The monoisotopic (exact) mass is 305 g/mol. The van der Waals surface area contributed by atoms with Crippen molar-refractivity contribution in [2.75, 3.05) is 5.75 Å². The number of rotatable bonds is 1. The van der Waals surface area contributed by atoms with Crippen molar-refractivity contribution < 1.29 is 0 Å². The molecule has 0 spiro atoms. The van der Waals surface area contributed by atoms with E-state index < -0.39 is 0 Å². The normalized spacial score (nSPS) is 24.4. The number of hydrogen-bond donors (Lipinski definition) is 1. The van der Waals surface area contributed by atoms with Crippen LogP contribution < -0.4 is 5.32 Å². The van der Waals surface area contributed by atoms with E-state index in [0.29, 0.717) is 5.37 Å². The Balaban J connectivity index is 2.24. The maximum Gasteiger partial charge on any atom is 0.0805 e. The van der Waals surface area contributed by atoms with Crippen molar-refractivity contribution in [1.82, 2.24) is 5.32 Å². The summed E-state index contributed by atoms with van der Waals surface area (Å²) in [5.74, 6) is 1.13. The first-order chi connectivity index (χ1) is 6.98. The van der Waals surface area contributed by atoms with Gasteiger partial charge in [0.15, 0.2) is 0 Å². The summed E-state index contributed by atoms with van der Waals surface area (Å²) >= 11 is 11.4. The summed E-state index contributed by atoms with van der Waals surface area (Å²) in [7, 11) is 0. The summed E-state index contributed by atoms with van der Waals surface area (Å²) in [4.78, 5) is 0. The zero-order valence-electron chi connectivity index (χ0n) is 8.68. The lowest BCUT2D eigenvalue weighted by atomic mass is 10.1. The van der Waals surface area contributed by atoms with Crippen LogP contribution in [0.15, 0.2) is 22.7 Å². The zero-order chi connectivity index (χ0) is 11.1. The van der Waals surface area contributed by atoms with E-state index in [1.807, 2.05) is 23.9 Å². The SMILES string of the molecule is CC1(C)CSC(c2ccc(Cl)cc2Br)N1. The molecular formula is C11H13BrClNS. The van der Waals surface area contributed by atoms with Gasteiger partial charge in [-0.3, -0.25) is 5.32 Å². The Kier molecular flexibility index (Phi) is 3.36. The first-order valence-corrected chi connectivity index (χ1v) is 7.04. The lowest BCUT2D eigenvalue weighted by Gasteiger charge is -2.19. The zero-order valence-corrected chi connectivity index (χ0v) is 11.8. The largest absolute Gasteiger partial charge is 0.296 e. The van der Waals surface area contributed by atoms with Crippen molar-refractivity contribution >= 4 is 39.3 Å². The molecule has 1 fully saturated rings. The van der Waals surface area contributed by atoms with E-state index in [1.54, 1.807) is 0 Å². The smallest absolute Gasteiger partial charge is 0.0805 e. The first-order valence-electron chi connectivity index (χ1n) is 4.82. The molecule has 1 saturated heterocycles. The Bertz CT molecular complexity index is 381. The fraction of sp³-hybridized carbons (Fsp3) is 0.455. The van der Waals surface area contributed by atoms with Gasteiger partial charge in [-0.25, -0.2) is 0 Å². The van der Waals surface area contributed by atoms with Gasteiger partial charge >= 0.3 is 0 Å². The minimum atomic E-state index is 0.217. The van der Waals surface area contributed by atoms with Crippen LogP contribution in [0.2, 0.25) is 5.02 Å². The highest BCUT2D eigenvalue weighted by Gasteiger charge is 2.32. The van der Waals surface area contributed by atoms with Crippen LogP contribution >= 0.6 is 39.3 Å². The number of thioether (sulfide) groups is 1. The highest BCUT2D eigenvalue weighted by molar-refractivity contribution is 9.10. The van der Waals surface area contributed by atoms with Crippen molar-refractivity contribution in [2.45, 2.75) is 24.8 Å². The van der Waals surface area contributed by atoms with E-state index in [4.69, 9.17) is 11.6 Å². The van der Waals surface area contributed by atoms with E-state index in [1.165, 1.54) is 5.56 Å². The molecule has 0 saturated carbocycles. The lowest BCUT2D eigenvalue weighted by molar-refractivity contribution is 0.451. The first kappa shape index (κ1) is 11.8. The summed E-state index contributed by atoms with van der Waals surface area (Å²) in [6, 6.07) is 5.97. The molecule has 2 rings (SSSR count). The summed E-state index contributed by atoms with van der Waals surface area (Å²) in [5.41, 5.74) is 1.49. The van der Waals surface area contributed by atoms with Gasteiger partial charge in [0.25, 0.3) is 0 Å². The van der Waals surface area contributed by atoms with Gasteiger partial charge in [-0.15, -0.1) is 11.8 Å². The summed E-state index contributed by atoms with van der Waals surface area (Å²) in [6.45, 7) is 4.45. The third kappa shape index (κ3) is 2.70. The molecule has 0 radical (unpaired) electrons. The van der Waals surface area contributed by atoms with Crippen molar-refractivity contribution in [2.24, 2.45) is 0 Å². The maximum atomic E-state index is 5.92. The van der Waals surface area contributed by atoms with Crippen LogP contribution in [0.4, 0.5) is 0 Å². The van der Waals surface area contributed by atoms with E-state index in [0.717, 1.165) is 15.2 Å². The second-order valence-electron chi connectivity index (χ2n) is 4.39. The van der Waals surface area contributed by atoms with Crippen LogP contribution in [0, 0.1) is 0 Å². The van der Waals surface area contributed by atoms with Gasteiger partial charge in [-0.2, -0.15) is 0 Å². The molecule has 1 aromatic rings. The van der Waals surface area contributed by atoms with Crippen LogP contribution in [0.5, 0.6) is 0 Å². The van der Waals surface area contributed by atoms with Gasteiger partial charge in [0.2, 0.25) is 0 Å². The highest BCUT2D eigenvalue weighted by Crippen LogP contribution is 2.40. The molecule has 0 amide bonds. The minimum absolute atomic E-state index is 0.217. The van der Waals surface area contributed by atoms with Gasteiger partial charge < -0.3 is 0 Å². The van der Waals surface area contributed by atoms with Crippen molar-refractivity contribution in [3.8, 4) is 0 Å². The molecule has 1 unspecified atom stereocenters. The molecule has 15 heavy (non-hydrogen) atoms. The fourth-order valence-corrected chi connectivity index (χ4v) is 4.13. The van der Waals surface area contributed by atoms with Crippen molar-refractivity contribution in [1.29, 1.82) is 0 Å². The van der Waals surface area contributed by atoms with Gasteiger partial charge in [0.1, 0.15) is 0 Å². The third-order valence-electron chi connectivity index (χ3n) is 2.38. The van der Waals surface area contributed by atoms with Crippen LogP contribution in [-0.4, -0.2) is 11.3 Å². The highest BCUT2D eigenvalue weighted by atomic mass is 79.9. The van der Waals surface area contributed by atoms with Gasteiger partial charge in [-0.05, 0) is 31.5 Å². The summed E-state index contributed by atoms with van der Waals surface area (Å²) in [5, 5.41) is 4.74.